The van der Waals surface area contributed by atoms with Crippen molar-refractivity contribution in [1.82, 2.24) is 14.5 Å². The van der Waals surface area contributed by atoms with E-state index in [0.29, 0.717) is 55.7 Å². The van der Waals surface area contributed by atoms with Gasteiger partial charge in [-0.15, -0.1) is 0 Å². The molecule has 9 heteroatoms. The second kappa shape index (κ2) is 11.8. The highest BCUT2D eigenvalue weighted by Crippen LogP contribution is 2.42. The summed E-state index contributed by atoms with van der Waals surface area (Å²) in [4.78, 5) is 32.2. The van der Waals surface area contributed by atoms with E-state index < -0.39 is 23.5 Å². The lowest BCUT2D eigenvalue weighted by atomic mass is 9.94. The average Bonchev–Trinajstić information content (AvgIpc) is 3.64. The number of aliphatic hydroxyl groups excluding tert-OH is 1. The second-order valence-corrected chi connectivity index (χ2v) is 9.29. The highest BCUT2D eigenvalue weighted by molar-refractivity contribution is 6.15. The number of carbonyl (C=O) groups is 2. The molecule has 0 saturated heterocycles. The average molecular weight is 508 g/mol. The molecule has 0 fully saturated rings. The lowest BCUT2D eigenvalue weighted by Gasteiger charge is -2.27. The van der Waals surface area contributed by atoms with Crippen LogP contribution < -0.4 is 9.47 Å². The molecule has 37 heavy (non-hydrogen) atoms. The van der Waals surface area contributed by atoms with Gasteiger partial charge in [0.05, 0.1) is 37.4 Å². The van der Waals surface area contributed by atoms with E-state index >= 15 is 0 Å². The van der Waals surface area contributed by atoms with E-state index in [-0.39, 0.29) is 11.3 Å². The Hall–Kier alpha value is -4.01. The highest BCUT2D eigenvalue weighted by atomic mass is 16.5. The van der Waals surface area contributed by atoms with Gasteiger partial charge in [0, 0.05) is 25.5 Å². The summed E-state index contributed by atoms with van der Waals surface area (Å²) in [6, 6.07) is 7.68. The number of nitrogens with zero attached hydrogens (tertiary/aromatic N) is 3. The number of rotatable bonds is 13. The van der Waals surface area contributed by atoms with E-state index in [0.717, 1.165) is 6.42 Å². The van der Waals surface area contributed by atoms with Crippen LogP contribution in [0.5, 0.6) is 11.5 Å². The number of aliphatic hydroxyl groups is 1. The number of furan rings is 1. The Labute approximate surface area is 216 Å². The molecule has 1 unspecified atom stereocenters. The normalized spacial score (nSPS) is 15.6. The number of ketones is 1. The molecule has 0 spiro atoms. The number of aryl methyl sites for hydroxylation is 1. The van der Waals surface area contributed by atoms with E-state index in [2.05, 4.69) is 18.8 Å². The van der Waals surface area contributed by atoms with E-state index in [1.807, 2.05) is 23.8 Å². The largest absolute Gasteiger partial charge is 0.503 e. The molecule has 0 bridgehead atoms. The lowest BCUT2D eigenvalue weighted by molar-refractivity contribution is -0.129. The molecule has 1 N–H and O–H groups in total. The monoisotopic (exact) mass is 507 g/mol. The zero-order valence-electron chi connectivity index (χ0n) is 21.4. The van der Waals surface area contributed by atoms with Gasteiger partial charge in [0.25, 0.3) is 5.91 Å². The van der Waals surface area contributed by atoms with Gasteiger partial charge in [0.1, 0.15) is 0 Å². The van der Waals surface area contributed by atoms with Gasteiger partial charge in [-0.2, -0.15) is 0 Å². The molecule has 1 aliphatic heterocycles. The third-order valence-corrected chi connectivity index (χ3v) is 6.20. The summed E-state index contributed by atoms with van der Waals surface area (Å²) in [5.74, 6) is -0.0324. The predicted octanol–water partition coefficient (Wildman–Crippen LogP) is 4.97. The first kappa shape index (κ1) is 26.1. The first-order valence-corrected chi connectivity index (χ1v) is 12.6. The van der Waals surface area contributed by atoms with Gasteiger partial charge >= 0.3 is 0 Å². The summed E-state index contributed by atoms with van der Waals surface area (Å²) in [5.41, 5.74) is 0.619. The van der Waals surface area contributed by atoms with Crippen molar-refractivity contribution in [3.05, 3.63) is 78.0 Å². The molecule has 0 aliphatic carbocycles. The fraction of sp³-hybridized carbons (Fsp3) is 0.393. The maximum Gasteiger partial charge on any atom is 0.290 e. The SMILES string of the molecule is CCOc1cc(C2C(C(=O)c3ccco3)=C(O)C(=O)N2CCCn2ccnc2)ccc1OCCC(C)C. The molecule has 3 aromatic rings. The summed E-state index contributed by atoms with van der Waals surface area (Å²) in [6.07, 6.45) is 8.12. The van der Waals surface area contributed by atoms with Gasteiger partial charge in [-0.25, -0.2) is 4.98 Å². The molecule has 1 atom stereocenters. The zero-order chi connectivity index (χ0) is 26.4. The summed E-state index contributed by atoms with van der Waals surface area (Å²) in [5, 5.41) is 10.9. The summed E-state index contributed by atoms with van der Waals surface area (Å²) in [6.45, 7) is 8.05. The fourth-order valence-electron chi connectivity index (χ4n) is 4.33. The predicted molar refractivity (Wildman–Crippen MR) is 137 cm³/mol. The maximum atomic E-state index is 13.4. The van der Waals surface area contributed by atoms with Crippen molar-refractivity contribution in [3.8, 4) is 11.5 Å². The van der Waals surface area contributed by atoms with Crippen molar-refractivity contribution in [2.24, 2.45) is 5.92 Å². The number of amides is 1. The van der Waals surface area contributed by atoms with Crippen LogP contribution in [0.15, 0.2) is 71.1 Å². The number of ether oxygens (including phenoxy) is 2. The second-order valence-electron chi connectivity index (χ2n) is 9.29. The Morgan fingerprint density at radius 1 is 1.19 bits per heavy atom. The third kappa shape index (κ3) is 5.87. The van der Waals surface area contributed by atoms with Gasteiger partial charge in [-0.1, -0.05) is 19.9 Å². The van der Waals surface area contributed by atoms with Crippen LogP contribution in [-0.2, 0) is 11.3 Å². The Bertz CT molecular complexity index is 1230. The van der Waals surface area contributed by atoms with Crippen molar-refractivity contribution in [3.63, 3.8) is 0 Å². The first-order valence-electron chi connectivity index (χ1n) is 12.6. The molecule has 0 saturated carbocycles. The fourth-order valence-corrected chi connectivity index (χ4v) is 4.33. The number of hydrogen-bond acceptors (Lipinski definition) is 7. The van der Waals surface area contributed by atoms with E-state index in [4.69, 9.17) is 13.9 Å². The van der Waals surface area contributed by atoms with Crippen molar-refractivity contribution < 1.29 is 28.6 Å². The third-order valence-electron chi connectivity index (χ3n) is 6.20. The van der Waals surface area contributed by atoms with Crippen LogP contribution in [0.4, 0.5) is 0 Å². The molecule has 1 amide bonds. The number of carbonyl (C=O) groups excluding carboxylic acids is 2. The Morgan fingerprint density at radius 2 is 2.03 bits per heavy atom. The molecular weight excluding hydrogens is 474 g/mol. The molecule has 196 valence electrons. The van der Waals surface area contributed by atoms with Crippen LogP contribution >= 0.6 is 0 Å². The minimum Gasteiger partial charge on any atom is -0.503 e. The minimum atomic E-state index is -0.809. The molecule has 3 heterocycles. The van der Waals surface area contributed by atoms with Crippen LogP contribution in [-0.4, -0.2) is 51.0 Å². The van der Waals surface area contributed by atoms with Gasteiger partial charge < -0.3 is 28.5 Å². The Kier molecular flexibility index (Phi) is 8.32. The molecule has 9 nitrogen and oxygen atoms in total. The van der Waals surface area contributed by atoms with Gasteiger partial charge in [0.2, 0.25) is 5.78 Å². The van der Waals surface area contributed by atoms with Gasteiger partial charge in [-0.3, -0.25) is 9.59 Å². The Morgan fingerprint density at radius 3 is 2.70 bits per heavy atom. The number of Topliss-reactive ketones (excluding diaryl/α,β-unsaturated/α-hetero) is 1. The number of imidazole rings is 1. The van der Waals surface area contributed by atoms with Crippen LogP contribution in [0, 0.1) is 5.92 Å². The number of hydrogen-bond donors (Lipinski definition) is 1. The summed E-state index contributed by atoms with van der Waals surface area (Å²) < 4.78 is 19.0. The smallest absolute Gasteiger partial charge is 0.290 e. The summed E-state index contributed by atoms with van der Waals surface area (Å²) in [7, 11) is 0. The maximum absolute atomic E-state index is 13.4. The van der Waals surface area contributed by atoms with Crippen molar-refractivity contribution >= 4 is 11.7 Å². The van der Waals surface area contributed by atoms with Crippen LogP contribution in [0.25, 0.3) is 0 Å². The lowest BCUT2D eigenvalue weighted by Crippen LogP contribution is -2.32. The number of benzene rings is 1. The van der Waals surface area contributed by atoms with Crippen molar-refractivity contribution in [2.75, 3.05) is 19.8 Å². The van der Waals surface area contributed by atoms with Crippen LogP contribution in [0.2, 0.25) is 0 Å². The van der Waals surface area contributed by atoms with E-state index in [9.17, 15) is 14.7 Å². The molecule has 1 aromatic carbocycles. The first-order chi connectivity index (χ1) is 17.9. The van der Waals surface area contributed by atoms with E-state index in [1.165, 1.54) is 17.2 Å². The minimum absolute atomic E-state index is 0.0153. The molecular formula is C28H33N3O6. The van der Waals surface area contributed by atoms with Gasteiger partial charge in [0.15, 0.2) is 23.0 Å². The molecule has 2 aromatic heterocycles. The van der Waals surface area contributed by atoms with Crippen molar-refractivity contribution in [2.45, 2.75) is 46.2 Å². The van der Waals surface area contributed by atoms with Crippen LogP contribution in [0.3, 0.4) is 0 Å². The highest BCUT2D eigenvalue weighted by Gasteiger charge is 2.44. The van der Waals surface area contributed by atoms with Crippen molar-refractivity contribution in [1.29, 1.82) is 0 Å². The number of aromatic nitrogens is 2. The molecule has 4 rings (SSSR count). The zero-order valence-corrected chi connectivity index (χ0v) is 21.4. The topological polar surface area (TPSA) is 107 Å². The van der Waals surface area contributed by atoms with Crippen LogP contribution in [0.1, 0.15) is 55.8 Å². The standard InChI is InChI=1S/C28H33N3O6/c1-4-35-23-17-20(8-9-21(23)37-16-10-19(2)3)25-24(26(32)22-7-5-15-36-22)27(33)28(34)31(25)13-6-12-30-14-11-29-18-30/h5,7-9,11,14-15,17-19,25,33H,4,6,10,12-13,16H2,1-3H3. The summed E-state index contributed by atoms with van der Waals surface area (Å²) >= 11 is 0. The molecule has 1 aliphatic rings. The quantitative estimate of drug-likeness (QED) is 0.326. The Balaban J connectivity index is 1.67. The van der Waals surface area contributed by atoms with E-state index in [1.54, 1.807) is 30.7 Å². The van der Waals surface area contributed by atoms with Gasteiger partial charge in [-0.05, 0) is 55.5 Å². The molecule has 0 radical (unpaired) electrons.